The fourth-order valence-electron chi connectivity index (χ4n) is 1.72. The second kappa shape index (κ2) is 5.82. The molecule has 0 aromatic carbocycles. The fourth-order valence-corrected chi connectivity index (χ4v) is 1.72. The first-order valence-corrected chi connectivity index (χ1v) is 5.94. The summed E-state index contributed by atoms with van der Waals surface area (Å²) in [5, 5.41) is 5.44. The summed E-state index contributed by atoms with van der Waals surface area (Å²) in [6.07, 6.45) is 4.24. The summed E-state index contributed by atoms with van der Waals surface area (Å²) >= 11 is 0. The van der Waals surface area contributed by atoms with Gasteiger partial charge in [0.2, 0.25) is 11.8 Å². The Morgan fingerprint density at radius 2 is 1.88 bits per heavy atom. The molecule has 5 heteroatoms. The number of nitrogens with two attached hydrogens (primary N) is 1. The van der Waals surface area contributed by atoms with E-state index < -0.39 is 6.04 Å². The Bertz CT molecular complexity index is 326. The lowest BCUT2D eigenvalue weighted by molar-refractivity contribution is -0.130. The molecule has 0 aliphatic heterocycles. The van der Waals surface area contributed by atoms with Crippen molar-refractivity contribution < 1.29 is 9.59 Å². The summed E-state index contributed by atoms with van der Waals surface area (Å²) in [4.78, 5) is 23.4. The molecule has 0 spiro atoms. The Morgan fingerprint density at radius 1 is 1.24 bits per heavy atom. The molecule has 1 aliphatic rings. The minimum atomic E-state index is -0.518. The lowest BCUT2D eigenvalue weighted by Crippen LogP contribution is -2.48. The van der Waals surface area contributed by atoms with Gasteiger partial charge in [0.25, 0.3) is 0 Å². The molecule has 0 bridgehead atoms. The highest BCUT2D eigenvalue weighted by Gasteiger charge is 2.25. The molecule has 0 saturated heterocycles. The molecule has 0 heterocycles. The van der Waals surface area contributed by atoms with Gasteiger partial charge in [0, 0.05) is 12.1 Å². The van der Waals surface area contributed by atoms with Crippen molar-refractivity contribution in [2.75, 3.05) is 0 Å². The molecule has 0 radical (unpaired) electrons. The summed E-state index contributed by atoms with van der Waals surface area (Å²) in [6.45, 7) is 5.44. The third kappa shape index (κ3) is 4.19. The minimum Gasteiger partial charge on any atom is -0.352 e. The van der Waals surface area contributed by atoms with Crippen LogP contribution in [0.5, 0.6) is 0 Å². The van der Waals surface area contributed by atoms with Crippen molar-refractivity contribution >= 4 is 11.8 Å². The quantitative estimate of drug-likeness (QED) is 0.600. The van der Waals surface area contributed by atoms with Gasteiger partial charge in [-0.3, -0.25) is 9.59 Å². The Balaban J connectivity index is 2.41. The van der Waals surface area contributed by atoms with E-state index >= 15 is 0 Å². The Hall–Kier alpha value is -1.36. The maximum atomic E-state index is 11.8. The van der Waals surface area contributed by atoms with Gasteiger partial charge in [-0.05, 0) is 27.2 Å². The van der Waals surface area contributed by atoms with Crippen LogP contribution in [0.1, 0.15) is 27.2 Å². The topological polar surface area (TPSA) is 84.2 Å². The van der Waals surface area contributed by atoms with Crippen LogP contribution in [0.4, 0.5) is 0 Å². The number of hydrogen-bond donors (Lipinski definition) is 3. The van der Waals surface area contributed by atoms with E-state index in [1.54, 1.807) is 13.0 Å². The maximum absolute atomic E-state index is 11.8. The zero-order chi connectivity index (χ0) is 13.0. The summed E-state index contributed by atoms with van der Waals surface area (Å²) < 4.78 is 0. The number of nitrogens with one attached hydrogen (secondary N) is 2. The average molecular weight is 239 g/mol. The van der Waals surface area contributed by atoms with E-state index in [4.69, 9.17) is 5.73 Å². The van der Waals surface area contributed by atoms with Crippen LogP contribution < -0.4 is 16.4 Å². The van der Waals surface area contributed by atoms with Crippen LogP contribution in [0.2, 0.25) is 0 Å². The van der Waals surface area contributed by atoms with Crippen LogP contribution in [0.3, 0.4) is 0 Å². The zero-order valence-electron chi connectivity index (χ0n) is 10.6. The molecular formula is C12H21N3O2. The van der Waals surface area contributed by atoms with Gasteiger partial charge in [0.05, 0.1) is 5.92 Å². The second-order valence-electron chi connectivity index (χ2n) is 4.78. The van der Waals surface area contributed by atoms with Crippen molar-refractivity contribution in [3.05, 3.63) is 12.2 Å². The lowest BCUT2D eigenvalue weighted by atomic mass is 10.1. The highest BCUT2D eigenvalue weighted by Crippen LogP contribution is 2.16. The highest BCUT2D eigenvalue weighted by atomic mass is 16.2. The first kappa shape index (κ1) is 13.7. The van der Waals surface area contributed by atoms with Gasteiger partial charge in [-0.25, -0.2) is 0 Å². The predicted molar refractivity (Wildman–Crippen MR) is 66.1 cm³/mol. The molecule has 5 nitrogen and oxygen atoms in total. The summed E-state index contributed by atoms with van der Waals surface area (Å²) in [6, 6.07) is -0.498. The van der Waals surface area contributed by atoms with Crippen molar-refractivity contribution in [3.8, 4) is 0 Å². The van der Waals surface area contributed by atoms with Crippen molar-refractivity contribution in [3.63, 3.8) is 0 Å². The van der Waals surface area contributed by atoms with Gasteiger partial charge >= 0.3 is 0 Å². The molecule has 3 atom stereocenters. The number of carbonyl (C=O) groups is 2. The molecule has 17 heavy (non-hydrogen) atoms. The molecule has 0 aromatic heterocycles. The van der Waals surface area contributed by atoms with E-state index in [0.29, 0.717) is 6.42 Å². The van der Waals surface area contributed by atoms with Crippen LogP contribution in [-0.2, 0) is 9.59 Å². The summed E-state index contributed by atoms with van der Waals surface area (Å²) in [5.74, 6) is -0.514. The van der Waals surface area contributed by atoms with E-state index in [9.17, 15) is 9.59 Å². The van der Waals surface area contributed by atoms with Crippen LogP contribution in [0, 0.1) is 5.92 Å². The van der Waals surface area contributed by atoms with Gasteiger partial charge < -0.3 is 16.4 Å². The third-order valence-electron chi connectivity index (χ3n) is 2.64. The van der Waals surface area contributed by atoms with E-state index in [-0.39, 0.29) is 29.8 Å². The normalized spacial score (nSPS) is 24.8. The van der Waals surface area contributed by atoms with Crippen molar-refractivity contribution in [1.29, 1.82) is 0 Å². The summed E-state index contributed by atoms with van der Waals surface area (Å²) in [5.41, 5.74) is 5.67. The van der Waals surface area contributed by atoms with Crippen LogP contribution >= 0.6 is 0 Å². The Kier molecular flexibility index (Phi) is 4.69. The molecule has 1 aliphatic carbocycles. The smallest absolute Gasteiger partial charge is 0.242 e. The van der Waals surface area contributed by atoms with Gasteiger partial charge in [0.1, 0.15) is 6.04 Å². The minimum absolute atomic E-state index is 0.0504. The van der Waals surface area contributed by atoms with E-state index in [0.717, 1.165) is 0 Å². The molecule has 4 N–H and O–H groups in total. The van der Waals surface area contributed by atoms with Gasteiger partial charge in [-0.2, -0.15) is 0 Å². The van der Waals surface area contributed by atoms with E-state index in [1.807, 2.05) is 19.9 Å². The lowest BCUT2D eigenvalue weighted by Gasteiger charge is -2.18. The molecule has 1 rings (SSSR count). The molecule has 0 saturated carbocycles. The van der Waals surface area contributed by atoms with Gasteiger partial charge in [0.15, 0.2) is 0 Å². The molecule has 2 amide bonds. The maximum Gasteiger partial charge on any atom is 0.242 e. The zero-order valence-corrected chi connectivity index (χ0v) is 10.6. The van der Waals surface area contributed by atoms with Crippen LogP contribution in [0.15, 0.2) is 12.2 Å². The molecule has 0 aromatic rings. The highest BCUT2D eigenvalue weighted by molar-refractivity contribution is 5.89. The molecule has 3 unspecified atom stereocenters. The van der Waals surface area contributed by atoms with E-state index in [2.05, 4.69) is 10.6 Å². The first-order chi connectivity index (χ1) is 7.90. The number of carbonyl (C=O) groups excluding carboxylic acids is 2. The number of amides is 2. The predicted octanol–water partition coefficient (Wildman–Crippen LogP) is -0.0809. The summed E-state index contributed by atoms with van der Waals surface area (Å²) in [7, 11) is 0. The van der Waals surface area contributed by atoms with Crippen molar-refractivity contribution in [2.45, 2.75) is 45.3 Å². The van der Waals surface area contributed by atoms with Crippen LogP contribution in [-0.4, -0.2) is 29.9 Å². The standard InChI is InChI=1S/C12H21N3O2/c1-7(2)14-11(16)8(3)15-12(17)9-4-5-10(13)6-9/h4-5,7-10H,6,13H2,1-3H3,(H,14,16)(H,15,17). The first-order valence-electron chi connectivity index (χ1n) is 5.94. The Morgan fingerprint density at radius 3 is 2.35 bits per heavy atom. The largest absolute Gasteiger partial charge is 0.352 e. The third-order valence-corrected chi connectivity index (χ3v) is 2.64. The number of rotatable bonds is 4. The molecular weight excluding hydrogens is 218 g/mol. The monoisotopic (exact) mass is 239 g/mol. The molecule has 0 fully saturated rings. The SMILES string of the molecule is CC(C)NC(=O)C(C)NC(=O)C1C=CC(N)C1. The Labute approximate surface area is 102 Å². The van der Waals surface area contributed by atoms with E-state index in [1.165, 1.54) is 0 Å². The van der Waals surface area contributed by atoms with Gasteiger partial charge in [-0.1, -0.05) is 12.2 Å². The van der Waals surface area contributed by atoms with Crippen molar-refractivity contribution in [1.82, 2.24) is 10.6 Å². The average Bonchev–Trinajstić information content (AvgIpc) is 2.63. The van der Waals surface area contributed by atoms with Crippen molar-refractivity contribution in [2.24, 2.45) is 11.7 Å². The number of hydrogen-bond acceptors (Lipinski definition) is 3. The van der Waals surface area contributed by atoms with Gasteiger partial charge in [-0.15, -0.1) is 0 Å². The fraction of sp³-hybridized carbons (Fsp3) is 0.667. The second-order valence-corrected chi connectivity index (χ2v) is 4.78. The van der Waals surface area contributed by atoms with Crippen LogP contribution in [0.25, 0.3) is 0 Å². The molecule has 96 valence electrons.